The first-order valence-corrected chi connectivity index (χ1v) is 9.10. The highest BCUT2D eigenvalue weighted by Gasteiger charge is 2.48. The van der Waals surface area contributed by atoms with E-state index in [1.54, 1.807) is 0 Å². The molecular formula is C19H32O2. The highest BCUT2D eigenvalue weighted by molar-refractivity contribution is 5.75. The zero-order chi connectivity index (χ0) is 15.2. The lowest BCUT2D eigenvalue weighted by Crippen LogP contribution is -2.46. The number of rotatable bonds is 5. The van der Waals surface area contributed by atoms with Crippen molar-refractivity contribution in [2.75, 3.05) is 0 Å². The van der Waals surface area contributed by atoms with Crippen molar-refractivity contribution in [1.29, 1.82) is 0 Å². The lowest BCUT2D eigenvalue weighted by Gasteiger charge is -2.55. The number of carbonyl (C=O) groups excluding carboxylic acids is 1. The molecule has 0 aliphatic heterocycles. The van der Waals surface area contributed by atoms with Crippen LogP contribution in [-0.4, -0.2) is 12.1 Å². The Morgan fingerprint density at radius 2 is 1.62 bits per heavy atom. The van der Waals surface area contributed by atoms with Gasteiger partial charge in [-0.25, -0.2) is 0 Å². The third kappa shape index (κ3) is 3.00. The number of hydrogen-bond acceptors (Lipinski definition) is 2. The summed E-state index contributed by atoms with van der Waals surface area (Å²) in [6.07, 6.45) is 9.37. The van der Waals surface area contributed by atoms with E-state index < -0.39 is 0 Å². The molecule has 0 radical (unpaired) electrons. The van der Waals surface area contributed by atoms with E-state index in [9.17, 15) is 4.79 Å². The molecule has 0 heterocycles. The van der Waals surface area contributed by atoms with Gasteiger partial charge in [-0.05, 0) is 95.3 Å². The summed E-state index contributed by atoms with van der Waals surface area (Å²) < 4.78 is 5.77. The van der Waals surface area contributed by atoms with Crippen LogP contribution in [-0.2, 0) is 9.53 Å². The molecule has 4 saturated carbocycles. The molecule has 0 aromatic heterocycles. The molecule has 0 amide bonds. The van der Waals surface area contributed by atoms with Crippen molar-refractivity contribution in [1.82, 2.24) is 0 Å². The number of ether oxygens (including phenoxy) is 1. The molecule has 0 saturated heterocycles. The third-order valence-corrected chi connectivity index (χ3v) is 6.77. The molecule has 4 aliphatic rings. The van der Waals surface area contributed by atoms with Gasteiger partial charge in [0.2, 0.25) is 0 Å². The summed E-state index contributed by atoms with van der Waals surface area (Å²) in [5.41, 5.74) is -0.335. The summed E-state index contributed by atoms with van der Waals surface area (Å²) >= 11 is 0. The first-order valence-electron chi connectivity index (χ1n) is 9.10. The van der Waals surface area contributed by atoms with Gasteiger partial charge in [-0.2, -0.15) is 0 Å². The van der Waals surface area contributed by atoms with Crippen molar-refractivity contribution in [3.63, 3.8) is 0 Å². The fourth-order valence-corrected chi connectivity index (χ4v) is 5.34. The Balaban J connectivity index is 1.56. The van der Waals surface area contributed by atoms with Crippen LogP contribution in [0, 0.1) is 35.0 Å². The molecule has 4 fully saturated rings. The Kier molecular flexibility index (Phi) is 4.09. The summed E-state index contributed by atoms with van der Waals surface area (Å²) in [7, 11) is 0. The fourth-order valence-electron chi connectivity index (χ4n) is 5.34. The van der Waals surface area contributed by atoms with Crippen molar-refractivity contribution in [3.8, 4) is 0 Å². The quantitative estimate of drug-likeness (QED) is 0.679. The molecule has 4 rings (SSSR count). The number of carbonyl (C=O) groups is 1. The molecule has 0 N–H and O–H groups in total. The van der Waals surface area contributed by atoms with Crippen LogP contribution in [0.5, 0.6) is 0 Å². The van der Waals surface area contributed by atoms with Gasteiger partial charge in [0.15, 0.2) is 0 Å². The van der Waals surface area contributed by atoms with Gasteiger partial charge in [-0.3, -0.25) is 4.79 Å². The summed E-state index contributed by atoms with van der Waals surface area (Å²) in [4.78, 5) is 12.2. The van der Waals surface area contributed by atoms with E-state index in [-0.39, 0.29) is 17.5 Å². The minimum Gasteiger partial charge on any atom is -0.462 e. The van der Waals surface area contributed by atoms with E-state index >= 15 is 0 Å². The Labute approximate surface area is 130 Å². The maximum atomic E-state index is 12.2. The average Bonchev–Trinajstić information content (AvgIpc) is 2.42. The summed E-state index contributed by atoms with van der Waals surface area (Å²) in [6.45, 7) is 8.15. The van der Waals surface area contributed by atoms with Crippen molar-refractivity contribution < 1.29 is 9.53 Å². The monoisotopic (exact) mass is 292 g/mol. The molecule has 4 bridgehead atoms. The van der Waals surface area contributed by atoms with Gasteiger partial charge in [-0.15, -0.1) is 0 Å². The van der Waals surface area contributed by atoms with Crippen LogP contribution >= 0.6 is 0 Å². The number of esters is 1. The minimum absolute atomic E-state index is 0.0127. The topological polar surface area (TPSA) is 26.3 Å². The van der Waals surface area contributed by atoms with Crippen LogP contribution in [0.25, 0.3) is 0 Å². The largest absolute Gasteiger partial charge is 0.462 e. The second-order valence-corrected chi connectivity index (χ2v) is 8.78. The van der Waals surface area contributed by atoms with Crippen molar-refractivity contribution in [2.45, 2.75) is 78.7 Å². The molecule has 0 spiro atoms. The van der Waals surface area contributed by atoms with E-state index in [4.69, 9.17) is 4.74 Å². The first kappa shape index (κ1) is 15.4. The summed E-state index contributed by atoms with van der Waals surface area (Å²) in [5, 5.41) is 0. The maximum Gasteiger partial charge on any atom is 0.311 e. The second-order valence-electron chi connectivity index (χ2n) is 8.78. The van der Waals surface area contributed by atoms with Crippen LogP contribution in [0.3, 0.4) is 0 Å². The third-order valence-electron chi connectivity index (χ3n) is 6.77. The van der Waals surface area contributed by atoms with Crippen LogP contribution in [0.2, 0.25) is 0 Å². The molecular weight excluding hydrogens is 260 g/mol. The molecule has 2 heteroatoms. The molecule has 1 unspecified atom stereocenters. The van der Waals surface area contributed by atoms with E-state index in [1.165, 1.54) is 32.1 Å². The van der Waals surface area contributed by atoms with Crippen molar-refractivity contribution in [2.24, 2.45) is 35.0 Å². The predicted octanol–water partition coefficient (Wildman–Crippen LogP) is 4.82. The van der Waals surface area contributed by atoms with Crippen LogP contribution in [0.15, 0.2) is 0 Å². The Hall–Kier alpha value is -0.530. The van der Waals surface area contributed by atoms with Crippen molar-refractivity contribution in [3.05, 3.63) is 0 Å². The van der Waals surface area contributed by atoms with Gasteiger partial charge in [0.05, 0.1) is 11.5 Å². The van der Waals surface area contributed by atoms with Gasteiger partial charge >= 0.3 is 5.97 Å². The zero-order valence-electron chi connectivity index (χ0n) is 14.2. The Morgan fingerprint density at radius 1 is 1.10 bits per heavy atom. The SMILES string of the molecule is CCC(C)(C)C(=O)OC(C)CC1C2CC3CC(C2)CC1C3. The van der Waals surface area contributed by atoms with E-state index in [1.807, 2.05) is 13.8 Å². The average molecular weight is 292 g/mol. The lowest BCUT2D eigenvalue weighted by molar-refractivity contribution is -0.161. The molecule has 0 aromatic rings. The van der Waals surface area contributed by atoms with Gasteiger partial charge in [-0.1, -0.05) is 6.92 Å². The number of hydrogen-bond donors (Lipinski definition) is 0. The van der Waals surface area contributed by atoms with E-state index in [0.29, 0.717) is 0 Å². The normalized spacial score (nSPS) is 39.3. The molecule has 0 aromatic carbocycles. The van der Waals surface area contributed by atoms with Gasteiger partial charge in [0, 0.05) is 0 Å². The van der Waals surface area contributed by atoms with Crippen LogP contribution in [0.1, 0.15) is 72.6 Å². The second kappa shape index (κ2) is 5.59. The summed E-state index contributed by atoms with van der Waals surface area (Å²) in [5.74, 6) is 4.73. The first-order chi connectivity index (χ1) is 9.89. The molecule has 1 atom stereocenters. The molecule has 21 heavy (non-hydrogen) atoms. The van der Waals surface area contributed by atoms with Crippen LogP contribution < -0.4 is 0 Å². The smallest absolute Gasteiger partial charge is 0.311 e. The Bertz CT molecular complexity index is 370. The van der Waals surface area contributed by atoms with E-state index in [0.717, 1.165) is 42.4 Å². The highest BCUT2D eigenvalue weighted by atomic mass is 16.5. The zero-order valence-corrected chi connectivity index (χ0v) is 14.2. The van der Waals surface area contributed by atoms with Crippen LogP contribution in [0.4, 0.5) is 0 Å². The minimum atomic E-state index is -0.335. The lowest BCUT2D eigenvalue weighted by atomic mass is 9.51. The maximum absolute atomic E-state index is 12.2. The standard InChI is InChI=1S/C19H32O2/c1-5-19(3,4)18(20)21-12(2)6-17-15-8-13-7-14(10-15)11-16(17)9-13/h12-17H,5-11H2,1-4H3. The molecule has 2 nitrogen and oxygen atoms in total. The van der Waals surface area contributed by atoms with E-state index in [2.05, 4.69) is 13.8 Å². The van der Waals surface area contributed by atoms with Gasteiger partial charge in [0.1, 0.15) is 0 Å². The summed E-state index contributed by atoms with van der Waals surface area (Å²) in [6, 6.07) is 0. The van der Waals surface area contributed by atoms with Gasteiger partial charge in [0.25, 0.3) is 0 Å². The van der Waals surface area contributed by atoms with Gasteiger partial charge < -0.3 is 4.74 Å². The predicted molar refractivity (Wildman–Crippen MR) is 84.8 cm³/mol. The van der Waals surface area contributed by atoms with Crippen molar-refractivity contribution >= 4 is 5.97 Å². The highest BCUT2D eigenvalue weighted by Crippen LogP contribution is 2.57. The fraction of sp³-hybridized carbons (Fsp3) is 0.947. The molecule has 120 valence electrons. The Morgan fingerprint density at radius 3 is 2.10 bits per heavy atom. The molecule has 4 aliphatic carbocycles.